The molecular formula is C28H25NO4. The summed E-state index contributed by atoms with van der Waals surface area (Å²) < 4.78 is 5.29. The SMILES string of the molecule is COc1ccc(C2C(C(=O)c3ccccc3)=CN(CCO)C=C2C(=O)c2ccccc2)cc1. The fourth-order valence-electron chi connectivity index (χ4n) is 4.00. The Labute approximate surface area is 193 Å². The second-order valence-electron chi connectivity index (χ2n) is 7.73. The fourth-order valence-corrected chi connectivity index (χ4v) is 4.00. The van der Waals surface area contributed by atoms with Crippen molar-refractivity contribution in [2.24, 2.45) is 0 Å². The molecule has 3 aromatic rings. The van der Waals surface area contributed by atoms with E-state index in [1.54, 1.807) is 48.7 Å². The van der Waals surface area contributed by atoms with Crippen LogP contribution >= 0.6 is 0 Å². The van der Waals surface area contributed by atoms with E-state index in [0.717, 1.165) is 5.56 Å². The summed E-state index contributed by atoms with van der Waals surface area (Å²) in [4.78, 5) is 29.0. The highest BCUT2D eigenvalue weighted by Gasteiger charge is 2.34. The van der Waals surface area contributed by atoms with Gasteiger partial charge < -0.3 is 14.7 Å². The van der Waals surface area contributed by atoms with Crippen molar-refractivity contribution in [1.82, 2.24) is 4.90 Å². The molecule has 0 fully saturated rings. The van der Waals surface area contributed by atoms with E-state index >= 15 is 0 Å². The molecule has 0 radical (unpaired) electrons. The molecule has 5 nitrogen and oxygen atoms in total. The molecule has 166 valence electrons. The van der Waals surface area contributed by atoms with Gasteiger partial charge in [-0.1, -0.05) is 72.8 Å². The van der Waals surface area contributed by atoms with Crippen molar-refractivity contribution < 1.29 is 19.4 Å². The smallest absolute Gasteiger partial charge is 0.191 e. The molecule has 0 unspecified atom stereocenters. The minimum absolute atomic E-state index is 0.111. The highest BCUT2D eigenvalue weighted by Crippen LogP contribution is 2.39. The number of hydrogen-bond donors (Lipinski definition) is 1. The minimum Gasteiger partial charge on any atom is -0.497 e. The van der Waals surface area contributed by atoms with Crippen molar-refractivity contribution in [3.05, 3.63) is 125 Å². The molecule has 0 saturated carbocycles. The molecule has 0 spiro atoms. The van der Waals surface area contributed by atoms with Crippen LogP contribution in [-0.4, -0.2) is 41.8 Å². The Hall–Kier alpha value is -3.96. The normalized spacial score (nSPS) is 13.8. The first-order valence-electron chi connectivity index (χ1n) is 10.8. The molecular weight excluding hydrogens is 414 g/mol. The monoisotopic (exact) mass is 439 g/mol. The van der Waals surface area contributed by atoms with Crippen LogP contribution in [0.4, 0.5) is 0 Å². The summed E-state index contributed by atoms with van der Waals surface area (Å²) in [7, 11) is 1.59. The summed E-state index contributed by atoms with van der Waals surface area (Å²) in [6.45, 7) is 0.159. The van der Waals surface area contributed by atoms with E-state index in [4.69, 9.17) is 4.74 Å². The maximum absolute atomic E-state index is 13.6. The van der Waals surface area contributed by atoms with Gasteiger partial charge in [-0.25, -0.2) is 0 Å². The van der Waals surface area contributed by atoms with E-state index in [1.165, 1.54) is 0 Å². The van der Waals surface area contributed by atoms with E-state index in [1.807, 2.05) is 60.7 Å². The van der Waals surface area contributed by atoms with E-state index in [2.05, 4.69) is 0 Å². The van der Waals surface area contributed by atoms with Crippen molar-refractivity contribution in [3.8, 4) is 5.75 Å². The largest absolute Gasteiger partial charge is 0.497 e. The summed E-state index contributed by atoms with van der Waals surface area (Å²) >= 11 is 0. The predicted molar refractivity (Wildman–Crippen MR) is 127 cm³/mol. The Morgan fingerprint density at radius 3 is 1.70 bits per heavy atom. The molecule has 0 bridgehead atoms. The number of aliphatic hydroxyl groups excluding tert-OH is 1. The summed E-state index contributed by atoms with van der Waals surface area (Å²) in [5.41, 5.74) is 2.84. The highest BCUT2D eigenvalue weighted by molar-refractivity contribution is 6.15. The van der Waals surface area contributed by atoms with Crippen LogP contribution in [-0.2, 0) is 0 Å². The van der Waals surface area contributed by atoms with Gasteiger partial charge >= 0.3 is 0 Å². The number of rotatable bonds is 8. The number of ether oxygens (including phenoxy) is 1. The van der Waals surface area contributed by atoms with Crippen molar-refractivity contribution in [2.45, 2.75) is 5.92 Å². The molecule has 1 aliphatic rings. The number of hydrogen-bond acceptors (Lipinski definition) is 5. The number of ketones is 2. The van der Waals surface area contributed by atoms with E-state index < -0.39 is 5.92 Å². The Morgan fingerprint density at radius 1 is 0.788 bits per heavy atom. The first-order valence-corrected chi connectivity index (χ1v) is 10.8. The van der Waals surface area contributed by atoms with Gasteiger partial charge in [0.1, 0.15) is 5.75 Å². The standard InChI is InChI=1S/C28H25NO4/c1-33-23-14-12-20(13-15-23)26-24(27(31)21-8-4-2-5-9-21)18-29(16-17-30)19-25(26)28(32)22-10-6-3-7-11-22/h2-15,18-19,26,30H,16-17H2,1H3. The molecule has 33 heavy (non-hydrogen) atoms. The van der Waals surface area contributed by atoms with Crippen LogP contribution in [0.3, 0.4) is 0 Å². The molecule has 1 N–H and O–H groups in total. The van der Waals surface area contributed by atoms with Crippen LogP contribution in [0.25, 0.3) is 0 Å². The molecule has 0 saturated heterocycles. The highest BCUT2D eigenvalue weighted by atomic mass is 16.5. The average Bonchev–Trinajstić information content (AvgIpc) is 2.88. The third-order valence-corrected chi connectivity index (χ3v) is 5.64. The summed E-state index contributed by atoms with van der Waals surface area (Å²) in [5, 5.41) is 9.56. The van der Waals surface area contributed by atoms with Gasteiger partial charge in [0.15, 0.2) is 11.6 Å². The lowest BCUT2D eigenvalue weighted by Gasteiger charge is -2.31. The molecule has 4 rings (SSSR count). The lowest BCUT2D eigenvalue weighted by molar-refractivity contribution is 0.101. The van der Waals surface area contributed by atoms with Crippen LogP contribution in [0, 0.1) is 0 Å². The Morgan fingerprint density at radius 2 is 1.27 bits per heavy atom. The first-order chi connectivity index (χ1) is 16.1. The van der Waals surface area contributed by atoms with Gasteiger partial charge in [-0.05, 0) is 17.7 Å². The zero-order chi connectivity index (χ0) is 23.2. The molecule has 0 atom stereocenters. The molecule has 0 aliphatic carbocycles. The fraction of sp³-hybridized carbons (Fsp3) is 0.143. The van der Waals surface area contributed by atoms with Gasteiger partial charge in [-0.15, -0.1) is 0 Å². The third-order valence-electron chi connectivity index (χ3n) is 5.64. The van der Waals surface area contributed by atoms with E-state index in [-0.39, 0.29) is 24.7 Å². The number of methoxy groups -OCH3 is 1. The maximum Gasteiger partial charge on any atom is 0.191 e. The van der Waals surface area contributed by atoms with Crippen LogP contribution in [0.5, 0.6) is 5.75 Å². The Kier molecular flexibility index (Phi) is 6.81. The van der Waals surface area contributed by atoms with E-state index in [0.29, 0.717) is 28.0 Å². The zero-order valence-corrected chi connectivity index (χ0v) is 18.3. The number of carbonyl (C=O) groups is 2. The molecule has 0 amide bonds. The lowest BCUT2D eigenvalue weighted by atomic mass is 9.78. The predicted octanol–water partition coefficient (Wildman–Crippen LogP) is 4.62. The second-order valence-corrected chi connectivity index (χ2v) is 7.73. The van der Waals surface area contributed by atoms with E-state index in [9.17, 15) is 14.7 Å². The average molecular weight is 440 g/mol. The maximum atomic E-state index is 13.6. The molecule has 3 aromatic carbocycles. The van der Waals surface area contributed by atoms with Crippen LogP contribution in [0.2, 0.25) is 0 Å². The van der Waals surface area contributed by atoms with Gasteiger partial charge in [0, 0.05) is 47.1 Å². The quantitative estimate of drug-likeness (QED) is 0.519. The molecule has 1 aliphatic heterocycles. The lowest BCUT2D eigenvalue weighted by Crippen LogP contribution is -2.29. The topological polar surface area (TPSA) is 66.8 Å². The molecule has 1 heterocycles. The minimum atomic E-state index is -0.564. The second kappa shape index (κ2) is 10.1. The number of nitrogens with zero attached hydrogens (tertiary/aromatic N) is 1. The Balaban J connectivity index is 1.86. The summed E-state index contributed by atoms with van der Waals surface area (Å²) in [5.74, 6) is -0.195. The molecule has 5 heteroatoms. The number of β-amino-alcohol motifs (C(OH)–C–C–N with tert-alkyl or cyclic N) is 1. The van der Waals surface area contributed by atoms with Crippen molar-refractivity contribution in [1.29, 1.82) is 0 Å². The number of carbonyl (C=O) groups excluding carboxylic acids is 2. The number of aliphatic hydroxyl groups is 1. The summed E-state index contributed by atoms with van der Waals surface area (Å²) in [6, 6.07) is 25.4. The molecule has 0 aromatic heterocycles. The van der Waals surface area contributed by atoms with Gasteiger partial charge in [-0.3, -0.25) is 9.59 Å². The van der Waals surface area contributed by atoms with Crippen LogP contribution in [0.15, 0.2) is 108 Å². The van der Waals surface area contributed by atoms with Gasteiger partial charge in [0.2, 0.25) is 0 Å². The zero-order valence-electron chi connectivity index (χ0n) is 18.3. The van der Waals surface area contributed by atoms with Gasteiger partial charge in [-0.2, -0.15) is 0 Å². The van der Waals surface area contributed by atoms with Gasteiger partial charge in [0.25, 0.3) is 0 Å². The Bertz CT molecular complexity index is 1110. The van der Waals surface area contributed by atoms with Crippen molar-refractivity contribution in [2.75, 3.05) is 20.3 Å². The summed E-state index contributed by atoms with van der Waals surface area (Å²) in [6.07, 6.45) is 3.48. The third kappa shape index (κ3) is 4.78. The van der Waals surface area contributed by atoms with Gasteiger partial charge in [0.05, 0.1) is 13.7 Å². The number of benzene rings is 3. The first kappa shape index (κ1) is 22.2. The van der Waals surface area contributed by atoms with Crippen molar-refractivity contribution in [3.63, 3.8) is 0 Å². The number of Topliss-reactive ketones (excluding diaryl/α,β-unsaturated/α-hetero) is 2. The van der Waals surface area contributed by atoms with Crippen LogP contribution < -0.4 is 4.74 Å². The van der Waals surface area contributed by atoms with Crippen LogP contribution in [0.1, 0.15) is 32.2 Å². The number of allylic oxidation sites excluding steroid dienone is 2. The van der Waals surface area contributed by atoms with Crippen molar-refractivity contribution >= 4 is 11.6 Å².